The van der Waals surface area contributed by atoms with E-state index in [1.165, 1.54) is 10.9 Å². The molecule has 9 heteroatoms. The van der Waals surface area contributed by atoms with Crippen LogP contribution < -0.4 is 15.6 Å². The lowest BCUT2D eigenvalue weighted by molar-refractivity contribution is -0.118. The van der Waals surface area contributed by atoms with Crippen molar-refractivity contribution in [3.05, 3.63) is 51.4 Å². The molecule has 2 heterocycles. The summed E-state index contributed by atoms with van der Waals surface area (Å²) in [5.41, 5.74) is 0.723. The molecule has 1 aromatic carbocycles. The number of anilines is 1. The fraction of sp³-hybridized carbons (Fsp3) is 0.364. The summed E-state index contributed by atoms with van der Waals surface area (Å²) in [5.74, 6) is -0.137. The van der Waals surface area contributed by atoms with E-state index in [2.05, 4.69) is 10.3 Å². The maximum atomic E-state index is 13.1. The number of aryl methyl sites for hydroxylation is 1. The quantitative estimate of drug-likeness (QED) is 0.556. The monoisotopic (exact) mass is 443 g/mol. The van der Waals surface area contributed by atoms with Gasteiger partial charge in [-0.2, -0.15) is 0 Å². The lowest BCUT2D eigenvalue weighted by Crippen LogP contribution is -2.31. The standard InChI is InChI=1S/C22H25N3O5S/c1-6-29-16-9-7-15(8-10-16)24-19(26)14(5)25-11-23-20-17(21(25)27)13(4)18(31-20)22(28)30-12(2)3/h7-12,14H,6H2,1-5H3,(H,24,26). The van der Waals surface area contributed by atoms with Crippen molar-refractivity contribution in [1.29, 1.82) is 0 Å². The van der Waals surface area contributed by atoms with Crippen molar-refractivity contribution < 1.29 is 19.1 Å². The van der Waals surface area contributed by atoms with Gasteiger partial charge in [0, 0.05) is 5.69 Å². The van der Waals surface area contributed by atoms with Crippen LogP contribution in [-0.4, -0.2) is 34.1 Å². The van der Waals surface area contributed by atoms with Crippen LogP contribution in [0.15, 0.2) is 35.4 Å². The van der Waals surface area contributed by atoms with E-state index in [4.69, 9.17) is 9.47 Å². The molecule has 3 rings (SSSR count). The molecule has 164 valence electrons. The normalized spacial score (nSPS) is 12.1. The molecule has 0 saturated carbocycles. The Morgan fingerprint density at radius 3 is 2.48 bits per heavy atom. The summed E-state index contributed by atoms with van der Waals surface area (Å²) in [7, 11) is 0. The number of fused-ring (bicyclic) bond motifs is 1. The number of nitrogens with one attached hydrogen (secondary N) is 1. The third kappa shape index (κ3) is 4.77. The molecule has 0 spiro atoms. The van der Waals surface area contributed by atoms with Crippen LogP contribution in [-0.2, 0) is 9.53 Å². The van der Waals surface area contributed by atoms with Gasteiger partial charge in [-0.15, -0.1) is 11.3 Å². The molecule has 1 atom stereocenters. The zero-order chi connectivity index (χ0) is 22.7. The molecule has 0 aliphatic rings. The molecule has 0 fully saturated rings. The van der Waals surface area contributed by atoms with Crippen LogP contribution in [0, 0.1) is 6.92 Å². The highest BCUT2D eigenvalue weighted by Gasteiger charge is 2.24. The lowest BCUT2D eigenvalue weighted by Gasteiger charge is -2.15. The van der Waals surface area contributed by atoms with Gasteiger partial charge < -0.3 is 14.8 Å². The molecule has 1 amide bonds. The number of aromatic nitrogens is 2. The van der Waals surface area contributed by atoms with E-state index in [9.17, 15) is 14.4 Å². The van der Waals surface area contributed by atoms with E-state index in [0.717, 1.165) is 11.3 Å². The molecule has 31 heavy (non-hydrogen) atoms. The van der Waals surface area contributed by atoms with Crippen molar-refractivity contribution in [2.75, 3.05) is 11.9 Å². The van der Waals surface area contributed by atoms with Gasteiger partial charge in [-0.05, 0) is 64.4 Å². The number of thiophene rings is 1. The minimum atomic E-state index is -0.804. The Bertz CT molecular complexity index is 1160. The summed E-state index contributed by atoms with van der Waals surface area (Å²) < 4.78 is 11.9. The Labute approximate surface area is 183 Å². The smallest absolute Gasteiger partial charge is 0.348 e. The molecule has 0 aliphatic heterocycles. The third-order valence-electron chi connectivity index (χ3n) is 4.63. The molecule has 8 nitrogen and oxygen atoms in total. The average molecular weight is 444 g/mol. The van der Waals surface area contributed by atoms with E-state index in [1.807, 2.05) is 6.92 Å². The van der Waals surface area contributed by atoms with Gasteiger partial charge in [0.2, 0.25) is 5.91 Å². The highest BCUT2D eigenvalue weighted by molar-refractivity contribution is 7.20. The van der Waals surface area contributed by atoms with E-state index < -0.39 is 12.0 Å². The van der Waals surface area contributed by atoms with Gasteiger partial charge in [-0.1, -0.05) is 0 Å². The highest BCUT2D eigenvalue weighted by atomic mass is 32.1. The number of carbonyl (C=O) groups is 2. The van der Waals surface area contributed by atoms with Crippen LogP contribution in [0.4, 0.5) is 5.69 Å². The van der Waals surface area contributed by atoms with Gasteiger partial charge in [0.1, 0.15) is 21.5 Å². The summed E-state index contributed by atoms with van der Waals surface area (Å²) in [6, 6.07) is 6.18. The number of nitrogens with zero attached hydrogens (tertiary/aromatic N) is 2. The molecule has 1 unspecified atom stereocenters. The second-order valence-electron chi connectivity index (χ2n) is 7.27. The number of benzene rings is 1. The van der Waals surface area contributed by atoms with Crippen molar-refractivity contribution in [2.24, 2.45) is 0 Å². The van der Waals surface area contributed by atoms with Crippen LogP contribution in [0.1, 0.15) is 49.0 Å². The number of amides is 1. The molecule has 0 radical (unpaired) electrons. The van der Waals surface area contributed by atoms with Gasteiger partial charge in [-0.25, -0.2) is 9.78 Å². The Balaban J connectivity index is 1.87. The van der Waals surface area contributed by atoms with Gasteiger partial charge in [-0.3, -0.25) is 14.2 Å². The maximum absolute atomic E-state index is 13.1. The second kappa shape index (κ2) is 9.30. The minimum absolute atomic E-state index is 0.270. The summed E-state index contributed by atoms with van der Waals surface area (Å²) in [6.07, 6.45) is 1.06. The van der Waals surface area contributed by atoms with Crippen LogP contribution in [0.25, 0.3) is 10.2 Å². The largest absolute Gasteiger partial charge is 0.494 e. The number of hydrogen-bond donors (Lipinski definition) is 1. The molecule has 0 bridgehead atoms. The number of esters is 1. The maximum Gasteiger partial charge on any atom is 0.348 e. The molecule has 2 aromatic heterocycles. The first-order valence-electron chi connectivity index (χ1n) is 9.97. The molecule has 0 aliphatic carbocycles. The minimum Gasteiger partial charge on any atom is -0.494 e. The fourth-order valence-corrected chi connectivity index (χ4v) is 4.07. The first kappa shape index (κ1) is 22.5. The van der Waals surface area contributed by atoms with Crippen LogP contribution in [0.2, 0.25) is 0 Å². The highest BCUT2D eigenvalue weighted by Crippen LogP contribution is 2.28. The molecule has 1 N–H and O–H groups in total. The summed E-state index contributed by atoms with van der Waals surface area (Å²) in [5, 5.41) is 3.11. The zero-order valence-corrected chi connectivity index (χ0v) is 18.9. The Morgan fingerprint density at radius 1 is 1.19 bits per heavy atom. The zero-order valence-electron chi connectivity index (χ0n) is 18.1. The first-order chi connectivity index (χ1) is 14.7. The van der Waals surface area contributed by atoms with Crippen molar-refractivity contribution in [3.8, 4) is 5.75 Å². The second-order valence-corrected chi connectivity index (χ2v) is 8.27. The summed E-state index contributed by atoms with van der Waals surface area (Å²) >= 11 is 1.11. The van der Waals surface area contributed by atoms with Crippen LogP contribution in [0.5, 0.6) is 5.75 Å². The van der Waals surface area contributed by atoms with Crippen molar-refractivity contribution in [3.63, 3.8) is 0 Å². The Morgan fingerprint density at radius 2 is 1.87 bits per heavy atom. The number of carbonyl (C=O) groups excluding carboxylic acids is 2. The predicted octanol–water partition coefficient (Wildman–Crippen LogP) is 3.93. The van der Waals surface area contributed by atoms with Gasteiger partial charge in [0.15, 0.2) is 0 Å². The fourth-order valence-electron chi connectivity index (χ4n) is 3.05. The molecule has 3 aromatic rings. The lowest BCUT2D eigenvalue weighted by atomic mass is 10.2. The topological polar surface area (TPSA) is 99.5 Å². The molecular formula is C22H25N3O5S. The third-order valence-corrected chi connectivity index (χ3v) is 5.81. The van der Waals surface area contributed by atoms with Gasteiger partial charge in [0.25, 0.3) is 5.56 Å². The molecule has 0 saturated heterocycles. The van der Waals surface area contributed by atoms with E-state index in [-0.39, 0.29) is 17.6 Å². The van der Waals surface area contributed by atoms with E-state index in [1.54, 1.807) is 52.0 Å². The Hall–Kier alpha value is -3.20. The Kier molecular flexibility index (Phi) is 6.74. The van der Waals surface area contributed by atoms with Crippen molar-refractivity contribution >= 4 is 39.1 Å². The number of rotatable bonds is 7. The van der Waals surface area contributed by atoms with E-state index >= 15 is 0 Å². The van der Waals surface area contributed by atoms with Gasteiger partial charge in [0.05, 0.1) is 24.4 Å². The summed E-state index contributed by atoms with van der Waals surface area (Å²) in [4.78, 5) is 43.3. The van der Waals surface area contributed by atoms with Crippen molar-refractivity contribution in [2.45, 2.75) is 46.8 Å². The first-order valence-corrected chi connectivity index (χ1v) is 10.8. The average Bonchev–Trinajstić information content (AvgIpc) is 3.06. The number of hydrogen-bond acceptors (Lipinski definition) is 7. The van der Waals surface area contributed by atoms with Crippen molar-refractivity contribution in [1.82, 2.24) is 9.55 Å². The number of ether oxygens (including phenoxy) is 2. The predicted molar refractivity (Wildman–Crippen MR) is 120 cm³/mol. The van der Waals surface area contributed by atoms with E-state index in [0.29, 0.717) is 38.7 Å². The van der Waals surface area contributed by atoms with Crippen LogP contribution in [0.3, 0.4) is 0 Å². The SMILES string of the molecule is CCOc1ccc(NC(=O)C(C)n2cnc3sc(C(=O)OC(C)C)c(C)c3c2=O)cc1. The van der Waals surface area contributed by atoms with Crippen LogP contribution >= 0.6 is 11.3 Å². The molecular weight excluding hydrogens is 418 g/mol. The summed E-state index contributed by atoms with van der Waals surface area (Å²) in [6.45, 7) is 9.28. The van der Waals surface area contributed by atoms with Gasteiger partial charge >= 0.3 is 5.97 Å².